The first-order valence-electron chi connectivity index (χ1n) is 12.0. The Hall–Kier alpha value is -2.03. The van der Waals surface area contributed by atoms with E-state index in [1.807, 2.05) is 0 Å². The van der Waals surface area contributed by atoms with Crippen LogP contribution in [-0.2, 0) is 9.53 Å². The molecule has 4 atom stereocenters. The molecule has 37 heavy (non-hydrogen) atoms. The third-order valence-electron chi connectivity index (χ3n) is 6.49. The van der Waals surface area contributed by atoms with Gasteiger partial charge in [0.1, 0.15) is 17.5 Å². The summed E-state index contributed by atoms with van der Waals surface area (Å²) in [6, 6.07) is 10.3. The van der Waals surface area contributed by atoms with Gasteiger partial charge in [0.25, 0.3) is 0 Å². The van der Waals surface area contributed by atoms with Crippen LogP contribution in [0.1, 0.15) is 69.9 Å². The number of benzene rings is 2. The van der Waals surface area contributed by atoms with E-state index in [2.05, 4.69) is 5.32 Å². The summed E-state index contributed by atoms with van der Waals surface area (Å²) in [5, 5.41) is 14.1. The number of hydrogen-bond acceptors (Lipinski definition) is 4. The molecule has 0 spiro atoms. The van der Waals surface area contributed by atoms with E-state index >= 15 is 4.39 Å². The quantitative estimate of drug-likeness (QED) is 0.184. The van der Waals surface area contributed by atoms with E-state index in [4.69, 9.17) is 27.9 Å². The van der Waals surface area contributed by atoms with Gasteiger partial charge in [0.2, 0.25) is 0 Å². The number of nitrogens with one attached hydrogen (secondary N) is 1. The van der Waals surface area contributed by atoms with Crippen LogP contribution < -0.4 is 5.32 Å². The van der Waals surface area contributed by atoms with Gasteiger partial charge in [-0.25, -0.2) is 4.39 Å². The second-order valence-corrected chi connectivity index (χ2v) is 11.5. The van der Waals surface area contributed by atoms with Gasteiger partial charge in [0.05, 0.1) is 23.0 Å². The highest BCUT2D eigenvalue weighted by atomic mass is 35.5. The van der Waals surface area contributed by atoms with Crippen LogP contribution in [0.4, 0.5) is 23.2 Å². The molecule has 2 N–H and O–H groups in total. The summed E-state index contributed by atoms with van der Waals surface area (Å²) in [6.07, 6.45) is -5.96. The Bertz CT molecular complexity index is 1100. The molecule has 0 radical (unpaired) electrons. The molecule has 4 nitrogen and oxygen atoms in total. The predicted molar refractivity (Wildman–Crippen MR) is 137 cm³/mol. The zero-order valence-electron chi connectivity index (χ0n) is 21.0. The number of hydrogen-bond donors (Lipinski definition) is 2. The maximum Gasteiger partial charge on any atom is 0.392 e. The van der Waals surface area contributed by atoms with E-state index in [1.165, 1.54) is 36.4 Å². The Morgan fingerprint density at radius 2 is 1.65 bits per heavy atom. The molecule has 1 aliphatic rings. The lowest BCUT2D eigenvalue weighted by Gasteiger charge is -2.32. The van der Waals surface area contributed by atoms with E-state index in [9.17, 15) is 23.1 Å². The lowest BCUT2D eigenvalue weighted by atomic mass is 9.85. The smallest absolute Gasteiger partial charge is 0.392 e. The molecule has 2 aromatic rings. The lowest BCUT2D eigenvalue weighted by Crippen LogP contribution is -2.37. The van der Waals surface area contributed by atoms with Gasteiger partial charge in [0.15, 0.2) is 0 Å². The first-order chi connectivity index (χ1) is 17.0. The Morgan fingerprint density at radius 1 is 1.08 bits per heavy atom. The van der Waals surface area contributed by atoms with E-state index in [1.54, 1.807) is 26.8 Å². The van der Waals surface area contributed by atoms with Crippen LogP contribution in [0.3, 0.4) is 0 Å². The molecule has 0 aliphatic heterocycles. The van der Waals surface area contributed by atoms with Crippen LogP contribution in [0.15, 0.2) is 42.5 Å². The van der Waals surface area contributed by atoms with E-state index in [0.29, 0.717) is 10.6 Å². The monoisotopic (exact) mass is 563 g/mol. The van der Waals surface area contributed by atoms with Crippen molar-refractivity contribution >= 4 is 34.9 Å². The molecule has 0 heterocycles. The van der Waals surface area contributed by atoms with Crippen molar-refractivity contribution in [1.82, 2.24) is 0 Å². The highest BCUT2D eigenvalue weighted by Gasteiger charge is 2.52. The average molecular weight is 564 g/mol. The summed E-state index contributed by atoms with van der Waals surface area (Å²) < 4.78 is 61.8. The van der Waals surface area contributed by atoms with Crippen LogP contribution in [-0.4, -0.2) is 34.7 Å². The summed E-state index contributed by atoms with van der Waals surface area (Å²) in [5.41, 5.74) is -1.56. The predicted octanol–water partition coefficient (Wildman–Crippen LogP) is 8.02. The van der Waals surface area contributed by atoms with Crippen LogP contribution in [0.25, 0.3) is 0 Å². The van der Waals surface area contributed by atoms with E-state index in [-0.39, 0.29) is 35.5 Å². The van der Waals surface area contributed by atoms with Crippen molar-refractivity contribution in [3.05, 3.63) is 63.6 Å². The van der Waals surface area contributed by atoms with Gasteiger partial charge in [-0.2, -0.15) is 13.2 Å². The van der Waals surface area contributed by atoms with Gasteiger partial charge in [-0.15, -0.1) is 0 Å². The molecule has 0 saturated heterocycles. The normalized spacial score (nSPS) is 18.5. The second kappa shape index (κ2) is 11.0. The summed E-state index contributed by atoms with van der Waals surface area (Å²) in [5.74, 6) is -4.71. The van der Waals surface area contributed by atoms with Gasteiger partial charge >= 0.3 is 12.1 Å². The number of alkyl halides is 4. The van der Waals surface area contributed by atoms with Gasteiger partial charge in [-0.1, -0.05) is 48.3 Å². The highest BCUT2D eigenvalue weighted by molar-refractivity contribution is 6.33. The molecule has 4 unspecified atom stereocenters. The minimum absolute atomic E-state index is 0.122. The molecule has 0 bridgehead atoms. The first-order valence-corrected chi connectivity index (χ1v) is 12.7. The van der Waals surface area contributed by atoms with Crippen LogP contribution >= 0.6 is 23.2 Å². The average Bonchev–Trinajstić information content (AvgIpc) is 3.51. The Labute approximate surface area is 224 Å². The van der Waals surface area contributed by atoms with Gasteiger partial charge in [0, 0.05) is 16.9 Å². The number of esters is 1. The summed E-state index contributed by atoms with van der Waals surface area (Å²) in [6.45, 7) is 6.13. The molecule has 204 valence electrons. The number of aliphatic hydroxyl groups excluding tert-OH is 1. The summed E-state index contributed by atoms with van der Waals surface area (Å²) in [7, 11) is 0. The molecule has 3 rings (SSSR count). The third-order valence-corrected chi connectivity index (χ3v) is 7.07. The Kier molecular flexibility index (Phi) is 8.77. The molecule has 0 aromatic heterocycles. The largest absolute Gasteiger partial charge is 0.460 e. The number of ether oxygens (including phenoxy) is 1. The van der Waals surface area contributed by atoms with E-state index < -0.39 is 47.4 Å². The Morgan fingerprint density at radius 3 is 2.16 bits per heavy atom. The van der Waals surface area contributed by atoms with Crippen LogP contribution in [0.2, 0.25) is 10.0 Å². The van der Waals surface area contributed by atoms with Crippen molar-refractivity contribution in [3.8, 4) is 0 Å². The fourth-order valence-corrected chi connectivity index (χ4v) is 4.67. The third kappa shape index (κ3) is 7.74. The number of rotatable bonds is 9. The number of carbonyl (C=O) groups is 1. The topological polar surface area (TPSA) is 58.6 Å². The fourth-order valence-electron chi connectivity index (χ4n) is 4.37. The maximum absolute atomic E-state index is 15.3. The molecular weight excluding hydrogens is 533 g/mol. The second-order valence-electron chi connectivity index (χ2n) is 10.6. The number of aliphatic hydroxyl groups is 1. The summed E-state index contributed by atoms with van der Waals surface area (Å²) >= 11 is 12.2. The van der Waals surface area contributed by atoms with E-state index in [0.717, 1.165) is 6.92 Å². The van der Waals surface area contributed by atoms with Gasteiger partial charge in [-0.05, 0) is 69.0 Å². The molecule has 10 heteroatoms. The molecule has 0 amide bonds. The zero-order valence-corrected chi connectivity index (χ0v) is 22.5. The summed E-state index contributed by atoms with van der Waals surface area (Å²) in [4.78, 5) is 12.5. The number of anilines is 1. The van der Waals surface area contributed by atoms with Crippen molar-refractivity contribution in [2.24, 2.45) is 5.92 Å². The fraction of sp³-hybridized carbons (Fsp3) is 0.519. The van der Waals surface area contributed by atoms with Crippen molar-refractivity contribution < 1.29 is 32.2 Å². The molecule has 1 fully saturated rings. The standard InChI is InChI=1S/C27H31Cl2F4NO3/c1-15(27(31,32)33)23(16-5-8-18(28)9-6-16)24(36)34-21-13-17(7-10-20(21)29)19(26(30)11-12-26)14-22(35)37-25(2,3)4/h5-10,13,15,19,23-24,34,36H,11-12,14H2,1-4H3. The van der Waals surface area contributed by atoms with Gasteiger partial charge < -0.3 is 15.2 Å². The van der Waals surface area contributed by atoms with Gasteiger partial charge in [-0.3, -0.25) is 4.79 Å². The SMILES string of the molecule is CC(C(c1ccc(Cl)cc1)C(O)Nc1cc(C(CC(=O)OC(C)(C)C)C2(F)CC2)ccc1Cl)C(F)(F)F. The maximum atomic E-state index is 15.3. The Balaban J connectivity index is 1.91. The first kappa shape index (κ1) is 29.5. The zero-order chi connectivity index (χ0) is 27.8. The van der Waals surface area contributed by atoms with Crippen molar-refractivity contribution in [3.63, 3.8) is 0 Å². The van der Waals surface area contributed by atoms with Crippen molar-refractivity contribution in [2.75, 3.05) is 5.32 Å². The number of carbonyl (C=O) groups excluding carboxylic acids is 1. The van der Waals surface area contributed by atoms with Crippen molar-refractivity contribution in [1.29, 1.82) is 0 Å². The van der Waals surface area contributed by atoms with Crippen LogP contribution in [0, 0.1) is 5.92 Å². The highest BCUT2D eigenvalue weighted by Crippen LogP contribution is 2.53. The van der Waals surface area contributed by atoms with Crippen LogP contribution in [0.5, 0.6) is 0 Å². The molecule has 1 aliphatic carbocycles. The number of halogens is 6. The lowest BCUT2D eigenvalue weighted by molar-refractivity contribution is -0.181. The molecular formula is C27H31Cl2F4NO3. The minimum atomic E-state index is -4.59. The minimum Gasteiger partial charge on any atom is -0.460 e. The molecule has 1 saturated carbocycles. The molecule has 2 aromatic carbocycles. The van der Waals surface area contributed by atoms with Crippen molar-refractivity contribution in [2.45, 2.75) is 82.5 Å².